The molecular formula is C21H21ClN2O3. The topological polar surface area (TPSA) is 84.9 Å². The van der Waals surface area contributed by atoms with E-state index in [4.69, 9.17) is 22.1 Å². The quantitative estimate of drug-likeness (QED) is 0.848. The van der Waals surface area contributed by atoms with Gasteiger partial charge in [0.25, 0.3) is 0 Å². The number of Topliss-reactive ketones (excluding diaryl/α,β-unsaturated/α-hetero) is 1. The number of aliphatic imine (C=N–C) groups is 1. The molecular weight excluding hydrogens is 364 g/mol. The zero-order chi connectivity index (χ0) is 19.0. The minimum atomic E-state index is -1.09. The SMILES string of the molecule is N[C@@H](C1=N[C@@]2(c3ccccc3Cl)CCC[C@@H](O1)C2=O)[C@H](O)c1ccccc1. The molecule has 0 saturated heterocycles. The number of nitrogens with two attached hydrogens (primary N) is 1. The van der Waals surface area contributed by atoms with E-state index in [0.717, 1.165) is 6.42 Å². The fraction of sp³-hybridized carbons (Fsp3) is 0.333. The maximum Gasteiger partial charge on any atom is 0.205 e. The molecule has 3 N–H and O–H groups in total. The van der Waals surface area contributed by atoms with Crippen molar-refractivity contribution >= 4 is 23.3 Å². The van der Waals surface area contributed by atoms with Crippen LogP contribution < -0.4 is 5.73 Å². The molecule has 4 rings (SSSR count). The van der Waals surface area contributed by atoms with Gasteiger partial charge in [-0.1, -0.05) is 60.1 Å². The monoisotopic (exact) mass is 384 g/mol. The van der Waals surface area contributed by atoms with Crippen LogP contribution in [0.3, 0.4) is 0 Å². The number of aliphatic hydroxyl groups excluding tert-OH is 1. The lowest BCUT2D eigenvalue weighted by molar-refractivity contribution is -0.137. The van der Waals surface area contributed by atoms with Gasteiger partial charge in [-0.15, -0.1) is 0 Å². The number of hydrogen-bond acceptors (Lipinski definition) is 5. The Balaban J connectivity index is 1.77. The number of hydrogen-bond donors (Lipinski definition) is 2. The summed E-state index contributed by atoms with van der Waals surface area (Å²) in [5.41, 5.74) is 6.54. The first-order valence-electron chi connectivity index (χ1n) is 9.07. The van der Waals surface area contributed by atoms with Gasteiger partial charge in [0.15, 0.2) is 11.6 Å². The zero-order valence-corrected chi connectivity index (χ0v) is 15.5. The van der Waals surface area contributed by atoms with Gasteiger partial charge in [-0.3, -0.25) is 4.79 Å². The summed E-state index contributed by atoms with van der Waals surface area (Å²) in [6.45, 7) is 0. The summed E-state index contributed by atoms with van der Waals surface area (Å²) in [5, 5.41) is 11.2. The van der Waals surface area contributed by atoms with E-state index in [1.54, 1.807) is 18.2 Å². The van der Waals surface area contributed by atoms with Gasteiger partial charge < -0.3 is 15.6 Å². The summed E-state index contributed by atoms with van der Waals surface area (Å²) in [6.07, 6.45) is 0.360. The Morgan fingerprint density at radius 1 is 1.19 bits per heavy atom. The van der Waals surface area contributed by atoms with Gasteiger partial charge in [0.1, 0.15) is 12.1 Å². The van der Waals surface area contributed by atoms with Crippen LogP contribution in [0.5, 0.6) is 0 Å². The molecule has 27 heavy (non-hydrogen) atoms. The number of rotatable bonds is 4. The summed E-state index contributed by atoms with van der Waals surface area (Å²) in [6, 6.07) is 15.5. The molecule has 1 saturated carbocycles. The molecule has 140 valence electrons. The second-order valence-corrected chi connectivity index (χ2v) is 7.44. The van der Waals surface area contributed by atoms with Gasteiger partial charge in [0.05, 0.1) is 0 Å². The normalized spacial score (nSPS) is 26.7. The number of ether oxygens (including phenoxy) is 1. The van der Waals surface area contributed by atoms with Crippen LogP contribution in [0.2, 0.25) is 5.02 Å². The average molecular weight is 385 g/mol. The molecule has 2 aromatic carbocycles. The highest BCUT2D eigenvalue weighted by molar-refractivity contribution is 6.32. The minimum absolute atomic E-state index is 0.0907. The molecule has 1 fully saturated rings. The molecule has 0 aromatic heterocycles. The summed E-state index contributed by atoms with van der Waals surface area (Å²) in [4.78, 5) is 17.8. The zero-order valence-electron chi connectivity index (χ0n) is 14.7. The predicted molar refractivity (Wildman–Crippen MR) is 104 cm³/mol. The maximum absolute atomic E-state index is 13.1. The van der Waals surface area contributed by atoms with E-state index in [0.29, 0.717) is 29.0 Å². The van der Waals surface area contributed by atoms with Crippen molar-refractivity contribution < 1.29 is 14.6 Å². The van der Waals surface area contributed by atoms with Crippen molar-refractivity contribution in [1.29, 1.82) is 0 Å². The van der Waals surface area contributed by atoms with Crippen LogP contribution in [0, 0.1) is 0 Å². The molecule has 1 heterocycles. The van der Waals surface area contributed by atoms with Crippen LogP contribution in [0.4, 0.5) is 0 Å². The predicted octanol–water partition coefficient (Wildman–Crippen LogP) is 3.15. The number of ketones is 1. The van der Waals surface area contributed by atoms with Crippen LogP contribution in [-0.4, -0.2) is 28.9 Å². The van der Waals surface area contributed by atoms with Crippen molar-refractivity contribution in [3.63, 3.8) is 0 Å². The van der Waals surface area contributed by atoms with Gasteiger partial charge in [0, 0.05) is 10.6 Å². The largest absolute Gasteiger partial charge is 0.468 e. The first kappa shape index (κ1) is 18.2. The average Bonchev–Trinajstić information content (AvgIpc) is 2.68. The fourth-order valence-electron chi connectivity index (χ4n) is 3.92. The van der Waals surface area contributed by atoms with E-state index < -0.39 is 23.8 Å². The van der Waals surface area contributed by atoms with Crippen molar-refractivity contribution in [3.8, 4) is 0 Å². The lowest BCUT2D eigenvalue weighted by Crippen LogP contribution is -2.54. The number of aliphatic hydroxyl groups is 1. The molecule has 0 spiro atoms. The molecule has 1 aliphatic carbocycles. The van der Waals surface area contributed by atoms with Crippen molar-refractivity contribution in [1.82, 2.24) is 0 Å². The molecule has 0 radical (unpaired) electrons. The first-order valence-corrected chi connectivity index (χ1v) is 9.45. The molecule has 1 aliphatic heterocycles. The second kappa shape index (κ2) is 7.08. The highest BCUT2D eigenvalue weighted by atomic mass is 35.5. The third-order valence-corrected chi connectivity index (χ3v) is 5.68. The molecule has 0 amide bonds. The van der Waals surface area contributed by atoms with Gasteiger partial charge in [0.2, 0.25) is 11.7 Å². The van der Waals surface area contributed by atoms with Crippen molar-refractivity contribution in [2.75, 3.05) is 0 Å². The van der Waals surface area contributed by atoms with Crippen LogP contribution >= 0.6 is 11.6 Å². The Kier molecular flexibility index (Phi) is 4.76. The summed E-state index contributed by atoms with van der Waals surface area (Å²) in [7, 11) is 0. The van der Waals surface area contributed by atoms with E-state index in [9.17, 15) is 9.90 Å². The van der Waals surface area contributed by atoms with Crippen molar-refractivity contribution in [2.45, 2.75) is 43.1 Å². The second-order valence-electron chi connectivity index (χ2n) is 7.03. The van der Waals surface area contributed by atoms with Crippen LogP contribution in [0.15, 0.2) is 59.6 Å². The number of nitrogens with zero attached hydrogens (tertiary/aromatic N) is 1. The number of carbonyl (C=O) groups is 1. The minimum Gasteiger partial charge on any atom is -0.468 e. The Morgan fingerprint density at radius 3 is 2.63 bits per heavy atom. The lowest BCUT2D eigenvalue weighted by atomic mass is 9.73. The summed E-state index contributed by atoms with van der Waals surface area (Å²) in [5.74, 6) is 0.113. The van der Waals surface area contributed by atoms with E-state index >= 15 is 0 Å². The number of halogens is 1. The summed E-state index contributed by atoms with van der Waals surface area (Å²) < 4.78 is 5.83. The van der Waals surface area contributed by atoms with Gasteiger partial charge >= 0.3 is 0 Å². The van der Waals surface area contributed by atoms with Gasteiger partial charge in [-0.05, 0) is 30.9 Å². The molecule has 2 aliphatic rings. The maximum atomic E-state index is 13.1. The number of carbonyl (C=O) groups excluding carboxylic acids is 1. The van der Waals surface area contributed by atoms with Crippen LogP contribution in [0.25, 0.3) is 0 Å². The molecule has 5 nitrogen and oxygen atoms in total. The van der Waals surface area contributed by atoms with Crippen molar-refractivity contribution in [3.05, 3.63) is 70.7 Å². The lowest BCUT2D eigenvalue weighted by Gasteiger charge is -2.42. The van der Waals surface area contributed by atoms with Gasteiger partial charge in [-0.2, -0.15) is 0 Å². The number of benzene rings is 2. The van der Waals surface area contributed by atoms with E-state index in [2.05, 4.69) is 4.99 Å². The molecule has 2 bridgehead atoms. The standard InChI is InChI=1S/C21H21ClN2O3/c22-15-10-5-4-9-14(15)21-12-6-11-16(19(21)26)27-20(24-21)17(23)18(25)13-7-2-1-3-8-13/h1-5,7-10,16-18,25H,6,11-12,23H2/t16-,17-,18-,21-/m1/s1. The molecule has 4 atom stereocenters. The van der Waals surface area contributed by atoms with Gasteiger partial charge in [-0.25, -0.2) is 4.99 Å². The highest BCUT2D eigenvalue weighted by Gasteiger charge is 2.52. The Hall–Kier alpha value is -2.21. The van der Waals surface area contributed by atoms with Crippen LogP contribution in [0.1, 0.15) is 36.5 Å². The molecule has 6 heteroatoms. The summed E-state index contributed by atoms with van der Waals surface area (Å²) >= 11 is 6.41. The number of fused-ring (bicyclic) bond motifs is 2. The van der Waals surface area contributed by atoms with Crippen molar-refractivity contribution in [2.24, 2.45) is 10.7 Å². The third-order valence-electron chi connectivity index (χ3n) is 5.35. The van der Waals surface area contributed by atoms with E-state index in [1.807, 2.05) is 36.4 Å². The first-order chi connectivity index (χ1) is 13.0. The Morgan fingerprint density at radius 2 is 1.89 bits per heavy atom. The Bertz CT molecular complexity index is 886. The highest BCUT2D eigenvalue weighted by Crippen LogP contribution is 2.45. The van der Waals surface area contributed by atoms with Crippen LogP contribution in [-0.2, 0) is 15.1 Å². The smallest absolute Gasteiger partial charge is 0.205 e. The molecule has 0 unspecified atom stereocenters. The molecule has 2 aromatic rings. The third kappa shape index (κ3) is 3.06. The Labute approximate surface area is 162 Å². The van der Waals surface area contributed by atoms with E-state index in [-0.39, 0.29) is 11.7 Å². The van der Waals surface area contributed by atoms with E-state index in [1.165, 1.54) is 0 Å². The fourth-order valence-corrected chi connectivity index (χ4v) is 4.21.